The summed E-state index contributed by atoms with van der Waals surface area (Å²) in [6.45, 7) is 0. The lowest BCUT2D eigenvalue weighted by Gasteiger charge is -2.00. The van der Waals surface area contributed by atoms with E-state index in [0.29, 0.717) is 0 Å². The summed E-state index contributed by atoms with van der Waals surface area (Å²) in [5, 5.41) is 2.53. The summed E-state index contributed by atoms with van der Waals surface area (Å²) in [4.78, 5) is 11.2. The van der Waals surface area contributed by atoms with Gasteiger partial charge in [-0.05, 0) is 41.7 Å². The SMILES string of the molecule is CNC(=O)C=C1CCc2ccc(F)cc21. The van der Waals surface area contributed by atoms with Gasteiger partial charge < -0.3 is 5.32 Å². The third kappa shape index (κ3) is 1.91. The van der Waals surface area contributed by atoms with Crippen LogP contribution in [0.3, 0.4) is 0 Å². The van der Waals surface area contributed by atoms with Crippen LogP contribution in [-0.4, -0.2) is 13.0 Å². The van der Waals surface area contributed by atoms with Gasteiger partial charge in [0.2, 0.25) is 5.91 Å². The lowest BCUT2D eigenvalue weighted by molar-refractivity contribution is -0.116. The first-order valence-electron chi connectivity index (χ1n) is 4.92. The van der Waals surface area contributed by atoms with Crippen molar-refractivity contribution in [1.82, 2.24) is 5.32 Å². The Morgan fingerprint density at radius 1 is 1.47 bits per heavy atom. The lowest BCUT2D eigenvalue weighted by Crippen LogP contribution is -2.14. The van der Waals surface area contributed by atoms with Crippen LogP contribution in [0.4, 0.5) is 4.39 Å². The first-order chi connectivity index (χ1) is 7.20. The average Bonchev–Trinajstić information content (AvgIpc) is 2.61. The molecule has 15 heavy (non-hydrogen) atoms. The van der Waals surface area contributed by atoms with E-state index in [4.69, 9.17) is 0 Å². The van der Waals surface area contributed by atoms with Crippen molar-refractivity contribution in [3.05, 3.63) is 41.2 Å². The van der Waals surface area contributed by atoms with E-state index in [1.807, 2.05) is 0 Å². The number of allylic oxidation sites excluding steroid dienone is 1. The van der Waals surface area contributed by atoms with Crippen molar-refractivity contribution in [2.24, 2.45) is 0 Å². The minimum atomic E-state index is -0.251. The fourth-order valence-corrected chi connectivity index (χ4v) is 1.85. The van der Waals surface area contributed by atoms with Crippen molar-refractivity contribution in [3.8, 4) is 0 Å². The molecule has 0 aliphatic heterocycles. The molecule has 0 aromatic heterocycles. The molecule has 0 atom stereocenters. The van der Waals surface area contributed by atoms with Crippen molar-refractivity contribution >= 4 is 11.5 Å². The molecule has 1 aliphatic rings. The number of amides is 1. The molecule has 0 saturated carbocycles. The van der Waals surface area contributed by atoms with Crippen LogP contribution in [0.1, 0.15) is 17.5 Å². The number of likely N-dealkylation sites (N-methyl/N-ethyl adjacent to an activating group) is 1. The largest absolute Gasteiger partial charge is 0.356 e. The number of nitrogens with one attached hydrogen (secondary N) is 1. The zero-order chi connectivity index (χ0) is 10.8. The van der Waals surface area contributed by atoms with Crippen LogP contribution < -0.4 is 5.32 Å². The second-order valence-corrected chi connectivity index (χ2v) is 3.59. The standard InChI is InChI=1S/C12H12FNO/c1-14-12(15)6-9-3-2-8-4-5-10(13)7-11(8)9/h4-7H,2-3H2,1H3,(H,14,15). The molecule has 0 unspecified atom stereocenters. The summed E-state index contributed by atoms with van der Waals surface area (Å²) in [5.74, 6) is -0.388. The first kappa shape index (κ1) is 9.90. The molecule has 0 saturated heterocycles. The summed E-state index contributed by atoms with van der Waals surface area (Å²) in [5.41, 5.74) is 2.91. The number of rotatable bonds is 1. The molecule has 1 N–H and O–H groups in total. The van der Waals surface area contributed by atoms with Gasteiger partial charge in [-0.15, -0.1) is 0 Å². The molecular weight excluding hydrogens is 193 g/mol. The Morgan fingerprint density at radius 3 is 3.00 bits per heavy atom. The number of benzene rings is 1. The van der Waals surface area contributed by atoms with Crippen molar-refractivity contribution in [1.29, 1.82) is 0 Å². The van der Waals surface area contributed by atoms with Crippen LogP contribution in [0.25, 0.3) is 5.57 Å². The molecule has 0 radical (unpaired) electrons. The van der Waals surface area contributed by atoms with Crippen molar-refractivity contribution < 1.29 is 9.18 Å². The molecule has 1 aromatic rings. The van der Waals surface area contributed by atoms with Crippen LogP contribution >= 0.6 is 0 Å². The summed E-state index contributed by atoms with van der Waals surface area (Å²) < 4.78 is 13.0. The van der Waals surface area contributed by atoms with Crippen molar-refractivity contribution in [3.63, 3.8) is 0 Å². The van der Waals surface area contributed by atoms with E-state index in [2.05, 4.69) is 5.32 Å². The number of halogens is 1. The Balaban J connectivity index is 2.39. The van der Waals surface area contributed by atoms with E-state index in [0.717, 1.165) is 29.5 Å². The fourth-order valence-electron chi connectivity index (χ4n) is 1.85. The summed E-state index contributed by atoms with van der Waals surface area (Å²) in [6.07, 6.45) is 3.25. The van der Waals surface area contributed by atoms with Crippen LogP contribution in [0.2, 0.25) is 0 Å². The molecule has 0 fully saturated rings. The van der Waals surface area contributed by atoms with E-state index in [1.165, 1.54) is 12.1 Å². The predicted octanol–water partition coefficient (Wildman–Crippen LogP) is 1.90. The van der Waals surface area contributed by atoms with Gasteiger partial charge in [-0.25, -0.2) is 4.39 Å². The number of carbonyl (C=O) groups is 1. The summed E-state index contributed by atoms with van der Waals surface area (Å²) in [7, 11) is 1.58. The van der Waals surface area contributed by atoms with Crippen LogP contribution in [0, 0.1) is 5.82 Å². The molecule has 2 nitrogen and oxygen atoms in total. The monoisotopic (exact) mass is 205 g/mol. The van der Waals surface area contributed by atoms with Gasteiger partial charge in [0.05, 0.1) is 0 Å². The van der Waals surface area contributed by atoms with Crippen molar-refractivity contribution in [2.45, 2.75) is 12.8 Å². The Hall–Kier alpha value is -1.64. The maximum absolute atomic E-state index is 13.0. The van der Waals surface area contributed by atoms with Gasteiger partial charge in [0, 0.05) is 13.1 Å². The summed E-state index contributed by atoms with van der Waals surface area (Å²) >= 11 is 0. The zero-order valence-electron chi connectivity index (χ0n) is 8.51. The zero-order valence-corrected chi connectivity index (χ0v) is 8.51. The van der Waals surface area contributed by atoms with Gasteiger partial charge in [0.15, 0.2) is 0 Å². The number of hydrogen-bond donors (Lipinski definition) is 1. The maximum Gasteiger partial charge on any atom is 0.244 e. The second-order valence-electron chi connectivity index (χ2n) is 3.59. The molecule has 78 valence electrons. The molecule has 0 spiro atoms. The smallest absolute Gasteiger partial charge is 0.244 e. The van der Waals surface area contributed by atoms with Gasteiger partial charge in [0.25, 0.3) is 0 Å². The molecule has 2 rings (SSSR count). The highest BCUT2D eigenvalue weighted by molar-refractivity contribution is 5.96. The van der Waals surface area contributed by atoms with Gasteiger partial charge in [0.1, 0.15) is 5.82 Å². The van der Waals surface area contributed by atoms with Gasteiger partial charge in [-0.2, -0.15) is 0 Å². The Bertz CT molecular complexity index is 437. The Labute approximate surface area is 87.8 Å². The molecule has 3 heteroatoms. The van der Waals surface area contributed by atoms with E-state index >= 15 is 0 Å². The number of fused-ring (bicyclic) bond motifs is 1. The first-order valence-corrected chi connectivity index (χ1v) is 4.92. The normalized spacial score (nSPS) is 16.5. The van der Waals surface area contributed by atoms with Crippen LogP contribution in [0.15, 0.2) is 24.3 Å². The maximum atomic E-state index is 13.0. The average molecular weight is 205 g/mol. The minimum Gasteiger partial charge on any atom is -0.356 e. The third-order valence-electron chi connectivity index (χ3n) is 2.63. The highest BCUT2D eigenvalue weighted by Gasteiger charge is 2.17. The van der Waals surface area contributed by atoms with Gasteiger partial charge in [-0.3, -0.25) is 4.79 Å². The number of hydrogen-bond acceptors (Lipinski definition) is 1. The molecule has 1 aliphatic carbocycles. The van der Waals surface area contributed by atoms with E-state index in [9.17, 15) is 9.18 Å². The number of carbonyl (C=O) groups excluding carboxylic acids is 1. The minimum absolute atomic E-state index is 0.137. The van der Waals surface area contributed by atoms with E-state index < -0.39 is 0 Å². The van der Waals surface area contributed by atoms with Crippen LogP contribution in [0.5, 0.6) is 0 Å². The molecule has 0 bridgehead atoms. The Morgan fingerprint density at radius 2 is 2.27 bits per heavy atom. The molecular formula is C12H12FNO. The van der Waals surface area contributed by atoms with E-state index in [-0.39, 0.29) is 11.7 Å². The highest BCUT2D eigenvalue weighted by atomic mass is 19.1. The van der Waals surface area contributed by atoms with E-state index in [1.54, 1.807) is 19.2 Å². The molecule has 0 heterocycles. The number of aryl methyl sites for hydroxylation is 1. The summed E-state index contributed by atoms with van der Waals surface area (Å²) in [6, 6.07) is 4.74. The topological polar surface area (TPSA) is 29.1 Å². The highest BCUT2D eigenvalue weighted by Crippen LogP contribution is 2.32. The Kier molecular flexibility index (Phi) is 2.54. The lowest BCUT2D eigenvalue weighted by atomic mass is 10.1. The van der Waals surface area contributed by atoms with Gasteiger partial charge in [-0.1, -0.05) is 6.07 Å². The molecule has 1 aromatic carbocycles. The van der Waals surface area contributed by atoms with Crippen molar-refractivity contribution in [2.75, 3.05) is 7.05 Å². The quantitative estimate of drug-likeness (QED) is 0.697. The third-order valence-corrected chi connectivity index (χ3v) is 2.63. The second kappa shape index (κ2) is 3.85. The fraction of sp³-hybridized carbons (Fsp3) is 0.250. The van der Waals surface area contributed by atoms with Gasteiger partial charge >= 0.3 is 0 Å². The van der Waals surface area contributed by atoms with Crippen LogP contribution in [-0.2, 0) is 11.2 Å². The predicted molar refractivity (Wildman–Crippen MR) is 56.8 cm³/mol. The molecule has 1 amide bonds.